The first kappa shape index (κ1) is 34.1. The molecule has 0 bridgehead atoms. The first-order chi connectivity index (χ1) is 16.1. The lowest BCUT2D eigenvalue weighted by atomic mass is 9.75. The molecule has 0 aromatic heterocycles. The lowest BCUT2D eigenvalue weighted by Gasteiger charge is -2.31. The van der Waals surface area contributed by atoms with E-state index in [1.165, 1.54) is 89.8 Å². The van der Waals surface area contributed by atoms with Gasteiger partial charge in [0.15, 0.2) is 0 Å². The zero-order valence-electron chi connectivity index (χ0n) is 26.1. The van der Waals surface area contributed by atoms with Crippen LogP contribution in [0, 0.1) is 53.3 Å². The van der Waals surface area contributed by atoms with Crippen molar-refractivity contribution in [3.8, 4) is 0 Å². The Kier molecular flexibility index (Phi) is 20.2. The molecule has 0 heterocycles. The predicted octanol–water partition coefficient (Wildman–Crippen LogP) is 10.9. The molecule has 0 rings (SSSR count). The molecule has 34 heavy (non-hydrogen) atoms. The minimum absolute atomic E-state index is 0.882. The van der Waals surface area contributed by atoms with Gasteiger partial charge in [-0.05, 0) is 66.6 Å². The summed E-state index contributed by atoms with van der Waals surface area (Å²) in [7, 11) is 2.34. The third kappa shape index (κ3) is 15.2. The summed E-state index contributed by atoms with van der Waals surface area (Å²) >= 11 is 0. The van der Waals surface area contributed by atoms with Crippen LogP contribution < -0.4 is 0 Å². The maximum atomic E-state index is 2.60. The Hall–Kier alpha value is 0.0649. The van der Waals surface area contributed by atoms with Crippen LogP contribution in [0.2, 0.25) is 6.32 Å². The number of rotatable bonds is 22. The van der Waals surface area contributed by atoms with E-state index >= 15 is 0 Å². The fraction of sp³-hybridized carbons (Fsp3) is 1.00. The molecule has 0 spiro atoms. The van der Waals surface area contributed by atoms with Gasteiger partial charge in [-0.2, -0.15) is 0 Å². The van der Waals surface area contributed by atoms with Gasteiger partial charge in [-0.25, -0.2) is 0 Å². The number of hydrogen-bond donors (Lipinski definition) is 0. The van der Waals surface area contributed by atoms with Gasteiger partial charge in [-0.15, -0.1) is 0 Å². The van der Waals surface area contributed by atoms with Crippen LogP contribution >= 0.6 is 0 Å². The fourth-order valence-electron chi connectivity index (χ4n) is 5.95. The molecule has 0 aliphatic heterocycles. The van der Waals surface area contributed by atoms with E-state index in [-0.39, 0.29) is 0 Å². The maximum Gasteiger partial charge on any atom is 0.101 e. The highest BCUT2D eigenvalue weighted by atomic mass is 14.3. The second-order valence-electron chi connectivity index (χ2n) is 13.3. The Morgan fingerprint density at radius 2 is 0.941 bits per heavy atom. The molecule has 0 aliphatic rings. The minimum Gasteiger partial charge on any atom is -0.0785 e. The summed E-state index contributed by atoms with van der Waals surface area (Å²) < 4.78 is 0. The first-order valence-corrected chi connectivity index (χ1v) is 16.1. The summed E-state index contributed by atoms with van der Waals surface area (Å²) in [5, 5.41) is 0. The SMILES string of the molecule is BCC(C)CCCC(C)C(C)CCC(CC(C)CC)C(C)CCC(CC)C(C)CC[C@H](C)CC. The van der Waals surface area contributed by atoms with E-state index < -0.39 is 0 Å². The molecule has 0 aromatic carbocycles. The maximum absolute atomic E-state index is 2.60. The second-order valence-corrected chi connectivity index (χ2v) is 13.3. The van der Waals surface area contributed by atoms with Crippen molar-refractivity contribution in [2.24, 2.45) is 53.3 Å². The summed E-state index contributed by atoms with van der Waals surface area (Å²) in [5.74, 6) is 8.11. The van der Waals surface area contributed by atoms with Gasteiger partial charge >= 0.3 is 0 Å². The molecular formula is C33H69B. The van der Waals surface area contributed by atoms with Crippen LogP contribution in [0.1, 0.15) is 153 Å². The van der Waals surface area contributed by atoms with Gasteiger partial charge in [0.1, 0.15) is 7.85 Å². The van der Waals surface area contributed by atoms with Crippen molar-refractivity contribution in [1.82, 2.24) is 0 Å². The third-order valence-corrected chi connectivity index (χ3v) is 10.4. The molecule has 0 N–H and O–H groups in total. The van der Waals surface area contributed by atoms with Gasteiger partial charge in [0.05, 0.1) is 0 Å². The molecule has 0 aliphatic carbocycles. The normalized spacial score (nSPS) is 20.2. The summed E-state index contributed by atoms with van der Waals surface area (Å²) in [6.45, 7) is 24.7. The monoisotopic (exact) mass is 477 g/mol. The topological polar surface area (TPSA) is 0 Å². The molecule has 8 unspecified atom stereocenters. The molecule has 0 saturated heterocycles. The van der Waals surface area contributed by atoms with E-state index in [0.29, 0.717) is 0 Å². The molecule has 0 nitrogen and oxygen atoms in total. The van der Waals surface area contributed by atoms with Crippen LogP contribution in [-0.4, -0.2) is 7.85 Å². The van der Waals surface area contributed by atoms with Crippen molar-refractivity contribution in [2.45, 2.75) is 159 Å². The average Bonchev–Trinajstić information content (AvgIpc) is 2.84. The van der Waals surface area contributed by atoms with Crippen LogP contribution in [0.4, 0.5) is 0 Å². The standard InChI is InChI=1S/C33H69B/c1-11-25(4)17-18-30(9)32(13-3)21-20-31(10)33(23-26(5)12-2)22-19-29(8)28(7)16-14-15-27(6)24-34/h25-33H,11-24,34H2,1-10H3/t25-,26?,27?,28?,29?,30?,31?,32?,33?/m1/s1. The largest absolute Gasteiger partial charge is 0.101 e. The van der Waals surface area contributed by atoms with Crippen molar-refractivity contribution in [1.29, 1.82) is 0 Å². The lowest BCUT2D eigenvalue weighted by molar-refractivity contribution is 0.201. The van der Waals surface area contributed by atoms with Gasteiger partial charge in [0.25, 0.3) is 0 Å². The van der Waals surface area contributed by atoms with Gasteiger partial charge in [-0.3, -0.25) is 0 Å². The summed E-state index contributed by atoms with van der Waals surface area (Å²) in [5.41, 5.74) is 0. The molecule has 9 atom stereocenters. The highest BCUT2D eigenvalue weighted by Crippen LogP contribution is 2.35. The second kappa shape index (κ2) is 20.2. The van der Waals surface area contributed by atoms with E-state index in [9.17, 15) is 0 Å². The van der Waals surface area contributed by atoms with Crippen LogP contribution in [0.5, 0.6) is 0 Å². The summed E-state index contributed by atoms with van der Waals surface area (Å²) in [4.78, 5) is 0. The average molecular weight is 477 g/mol. The highest BCUT2D eigenvalue weighted by Gasteiger charge is 2.24. The van der Waals surface area contributed by atoms with E-state index in [1.54, 1.807) is 0 Å². The Labute approximate surface area is 220 Å². The van der Waals surface area contributed by atoms with Crippen LogP contribution in [0.25, 0.3) is 0 Å². The molecule has 1 heteroatoms. The molecule has 204 valence electrons. The van der Waals surface area contributed by atoms with Gasteiger partial charge in [0.2, 0.25) is 0 Å². The van der Waals surface area contributed by atoms with E-state index in [2.05, 4.69) is 77.1 Å². The lowest BCUT2D eigenvalue weighted by Crippen LogP contribution is -2.20. The van der Waals surface area contributed by atoms with Gasteiger partial charge < -0.3 is 0 Å². The molecule has 0 saturated carbocycles. The fourth-order valence-corrected chi connectivity index (χ4v) is 5.95. The van der Waals surface area contributed by atoms with Crippen molar-refractivity contribution in [2.75, 3.05) is 0 Å². The zero-order chi connectivity index (χ0) is 26.1. The Morgan fingerprint density at radius 3 is 1.50 bits per heavy atom. The van der Waals surface area contributed by atoms with Gasteiger partial charge in [0, 0.05) is 0 Å². The Balaban J connectivity index is 4.75. The van der Waals surface area contributed by atoms with Gasteiger partial charge in [-0.1, -0.05) is 146 Å². The van der Waals surface area contributed by atoms with Crippen LogP contribution in [0.3, 0.4) is 0 Å². The molecule has 0 radical (unpaired) electrons. The molecular weight excluding hydrogens is 407 g/mol. The van der Waals surface area contributed by atoms with Crippen molar-refractivity contribution in [3.05, 3.63) is 0 Å². The van der Waals surface area contributed by atoms with Crippen LogP contribution in [0.15, 0.2) is 0 Å². The smallest absolute Gasteiger partial charge is 0.0785 e. The Morgan fingerprint density at radius 1 is 0.441 bits per heavy atom. The minimum atomic E-state index is 0.882. The predicted molar refractivity (Wildman–Crippen MR) is 162 cm³/mol. The zero-order valence-corrected chi connectivity index (χ0v) is 26.1. The van der Waals surface area contributed by atoms with Crippen LogP contribution in [-0.2, 0) is 0 Å². The van der Waals surface area contributed by atoms with E-state index in [4.69, 9.17) is 0 Å². The first-order valence-electron chi connectivity index (χ1n) is 16.1. The highest BCUT2D eigenvalue weighted by molar-refractivity contribution is 6.08. The summed E-state index contributed by atoms with van der Waals surface area (Å²) in [6, 6.07) is 0. The molecule has 0 amide bonds. The van der Waals surface area contributed by atoms with Crippen molar-refractivity contribution < 1.29 is 0 Å². The molecule has 0 aromatic rings. The van der Waals surface area contributed by atoms with E-state index in [1.807, 2.05) is 0 Å². The van der Waals surface area contributed by atoms with Crippen molar-refractivity contribution >= 4 is 7.85 Å². The quantitative estimate of drug-likeness (QED) is 0.136. The summed E-state index contributed by atoms with van der Waals surface area (Å²) in [6.07, 6.45) is 19.8. The number of hydrogen-bond acceptors (Lipinski definition) is 0. The Bertz CT molecular complexity index is 446. The van der Waals surface area contributed by atoms with E-state index in [0.717, 1.165) is 53.3 Å². The molecule has 0 fully saturated rings. The third-order valence-electron chi connectivity index (χ3n) is 10.4. The van der Waals surface area contributed by atoms with Crippen molar-refractivity contribution in [3.63, 3.8) is 0 Å².